The third-order valence-corrected chi connectivity index (χ3v) is 3.22. The summed E-state index contributed by atoms with van der Waals surface area (Å²) < 4.78 is 6.59. The number of methoxy groups -OCH3 is 1. The molecular formula is C13H16ClN5O2. The minimum absolute atomic E-state index is 0.163. The second-order valence-corrected chi connectivity index (χ2v) is 4.73. The first kappa shape index (κ1) is 15.4. The first-order chi connectivity index (χ1) is 10.2. The van der Waals surface area contributed by atoms with E-state index in [0.717, 1.165) is 0 Å². The molecule has 1 unspecified atom stereocenters. The number of rotatable bonds is 6. The van der Waals surface area contributed by atoms with E-state index in [4.69, 9.17) is 22.1 Å². The molecule has 0 aliphatic rings. The lowest BCUT2D eigenvalue weighted by atomic mass is 10.2. The van der Waals surface area contributed by atoms with Crippen molar-refractivity contribution < 1.29 is 9.53 Å². The van der Waals surface area contributed by atoms with E-state index in [2.05, 4.69) is 15.4 Å². The van der Waals surface area contributed by atoms with Gasteiger partial charge in [-0.25, -0.2) is 9.67 Å². The van der Waals surface area contributed by atoms with Crippen LogP contribution in [0.5, 0.6) is 0 Å². The molecule has 0 bridgehead atoms. The Labute approximate surface area is 127 Å². The molecule has 3 N–H and O–H groups in total. The van der Waals surface area contributed by atoms with Crippen molar-refractivity contribution in [3.05, 3.63) is 35.9 Å². The van der Waals surface area contributed by atoms with Crippen LogP contribution in [0.4, 0.5) is 5.69 Å². The van der Waals surface area contributed by atoms with Crippen LogP contribution in [0.15, 0.2) is 30.9 Å². The lowest BCUT2D eigenvalue weighted by Crippen LogP contribution is -2.28. The number of nitrogens with zero attached hydrogens (tertiary/aromatic N) is 3. The van der Waals surface area contributed by atoms with Gasteiger partial charge in [0.2, 0.25) is 5.91 Å². The largest absolute Gasteiger partial charge is 0.380 e. The molecule has 1 aromatic carbocycles. The zero-order valence-electron chi connectivity index (χ0n) is 11.5. The van der Waals surface area contributed by atoms with E-state index in [1.54, 1.807) is 18.2 Å². The average Bonchev–Trinajstić information content (AvgIpc) is 2.98. The minimum Gasteiger partial charge on any atom is -0.380 e. The van der Waals surface area contributed by atoms with Crippen molar-refractivity contribution in [1.82, 2.24) is 14.8 Å². The molecule has 8 heteroatoms. The van der Waals surface area contributed by atoms with Crippen molar-refractivity contribution in [1.29, 1.82) is 0 Å². The van der Waals surface area contributed by atoms with Gasteiger partial charge in [-0.05, 0) is 12.1 Å². The first-order valence-electron chi connectivity index (χ1n) is 6.32. The van der Waals surface area contributed by atoms with Crippen LogP contribution in [0.3, 0.4) is 0 Å². The van der Waals surface area contributed by atoms with E-state index in [1.807, 2.05) is 0 Å². The molecule has 0 aliphatic heterocycles. The SMILES string of the molecule is COC(CN)CC(=O)Nc1cccc(Cl)c1-n1cncn1. The summed E-state index contributed by atoms with van der Waals surface area (Å²) in [6.45, 7) is 0.273. The topological polar surface area (TPSA) is 95.1 Å². The molecule has 21 heavy (non-hydrogen) atoms. The number of halogens is 1. The van der Waals surface area contributed by atoms with Gasteiger partial charge in [0.15, 0.2) is 0 Å². The summed E-state index contributed by atoms with van der Waals surface area (Å²) in [5.74, 6) is -0.212. The number of amides is 1. The fourth-order valence-corrected chi connectivity index (χ4v) is 2.10. The lowest BCUT2D eigenvalue weighted by Gasteiger charge is -2.15. The summed E-state index contributed by atoms with van der Waals surface area (Å²) in [6.07, 6.45) is 2.74. The van der Waals surface area contributed by atoms with Gasteiger partial charge in [-0.15, -0.1) is 0 Å². The second kappa shape index (κ2) is 7.16. The molecule has 0 fully saturated rings. The van der Waals surface area contributed by atoms with Gasteiger partial charge in [0.05, 0.1) is 23.2 Å². The van der Waals surface area contributed by atoms with Gasteiger partial charge in [0.1, 0.15) is 18.3 Å². The highest BCUT2D eigenvalue weighted by molar-refractivity contribution is 6.33. The Morgan fingerprint density at radius 2 is 2.38 bits per heavy atom. The molecule has 0 saturated carbocycles. The normalized spacial score (nSPS) is 12.1. The summed E-state index contributed by atoms with van der Waals surface area (Å²) in [6, 6.07) is 5.20. The van der Waals surface area contributed by atoms with Gasteiger partial charge in [-0.2, -0.15) is 5.10 Å². The lowest BCUT2D eigenvalue weighted by molar-refractivity contribution is -0.118. The number of anilines is 1. The van der Waals surface area contributed by atoms with Crippen molar-refractivity contribution in [2.75, 3.05) is 19.0 Å². The van der Waals surface area contributed by atoms with Gasteiger partial charge < -0.3 is 15.8 Å². The van der Waals surface area contributed by atoms with Gasteiger partial charge in [0.25, 0.3) is 0 Å². The van der Waals surface area contributed by atoms with Crippen molar-refractivity contribution in [3.8, 4) is 5.69 Å². The predicted molar refractivity (Wildman–Crippen MR) is 79.5 cm³/mol. The number of nitrogens with one attached hydrogen (secondary N) is 1. The van der Waals surface area contributed by atoms with Gasteiger partial charge in [0, 0.05) is 13.7 Å². The zero-order valence-corrected chi connectivity index (χ0v) is 12.2. The Hall–Kier alpha value is -1.96. The Bertz CT molecular complexity index is 599. The summed E-state index contributed by atoms with van der Waals surface area (Å²) >= 11 is 6.18. The monoisotopic (exact) mass is 309 g/mol. The third-order valence-electron chi connectivity index (χ3n) is 2.92. The molecule has 112 valence electrons. The van der Waals surface area contributed by atoms with Crippen LogP contribution in [-0.2, 0) is 9.53 Å². The highest BCUT2D eigenvalue weighted by Crippen LogP contribution is 2.27. The van der Waals surface area contributed by atoms with Crippen LogP contribution in [-0.4, -0.2) is 40.4 Å². The molecule has 1 amide bonds. The molecule has 0 aliphatic carbocycles. The third kappa shape index (κ3) is 3.78. The maximum atomic E-state index is 12.0. The minimum atomic E-state index is -0.320. The number of aromatic nitrogens is 3. The van der Waals surface area contributed by atoms with E-state index in [-0.39, 0.29) is 25.0 Å². The maximum absolute atomic E-state index is 12.0. The summed E-state index contributed by atoms with van der Waals surface area (Å²) in [5.41, 5.74) is 6.62. The van der Waals surface area contributed by atoms with E-state index < -0.39 is 0 Å². The van der Waals surface area contributed by atoms with Crippen LogP contribution < -0.4 is 11.1 Å². The van der Waals surface area contributed by atoms with E-state index in [0.29, 0.717) is 16.4 Å². The number of ether oxygens (including phenoxy) is 1. The van der Waals surface area contributed by atoms with Crippen LogP contribution in [0.1, 0.15) is 6.42 Å². The van der Waals surface area contributed by atoms with E-state index in [1.165, 1.54) is 24.4 Å². The van der Waals surface area contributed by atoms with Crippen LogP contribution in [0, 0.1) is 0 Å². The predicted octanol–water partition coefficient (Wildman–Crippen LogP) is 1.22. The molecule has 0 radical (unpaired) electrons. The number of carbonyl (C=O) groups excluding carboxylic acids is 1. The van der Waals surface area contributed by atoms with Crippen molar-refractivity contribution >= 4 is 23.2 Å². The summed E-state index contributed by atoms with van der Waals surface area (Å²) in [4.78, 5) is 15.9. The zero-order chi connectivity index (χ0) is 15.2. The van der Waals surface area contributed by atoms with E-state index in [9.17, 15) is 4.79 Å². The number of benzene rings is 1. The molecular weight excluding hydrogens is 294 g/mol. The Kier molecular flexibility index (Phi) is 5.26. The standard InChI is InChI=1S/C13H16ClN5O2/c1-21-9(6-15)5-12(20)18-11-4-2-3-10(14)13(11)19-8-16-7-17-19/h2-4,7-9H,5-6,15H2,1H3,(H,18,20). The molecule has 1 atom stereocenters. The quantitative estimate of drug-likeness (QED) is 0.836. The summed E-state index contributed by atoms with van der Waals surface area (Å²) in [5, 5.41) is 7.28. The molecule has 0 spiro atoms. The van der Waals surface area contributed by atoms with E-state index >= 15 is 0 Å². The molecule has 7 nitrogen and oxygen atoms in total. The van der Waals surface area contributed by atoms with Crippen molar-refractivity contribution in [3.63, 3.8) is 0 Å². The molecule has 0 saturated heterocycles. The highest BCUT2D eigenvalue weighted by atomic mass is 35.5. The maximum Gasteiger partial charge on any atom is 0.227 e. The van der Waals surface area contributed by atoms with Gasteiger partial charge in [-0.3, -0.25) is 4.79 Å². The van der Waals surface area contributed by atoms with Gasteiger partial charge in [-0.1, -0.05) is 17.7 Å². The Balaban J connectivity index is 2.21. The van der Waals surface area contributed by atoms with Crippen molar-refractivity contribution in [2.45, 2.75) is 12.5 Å². The van der Waals surface area contributed by atoms with Crippen LogP contribution in [0.25, 0.3) is 5.69 Å². The average molecular weight is 310 g/mol. The smallest absolute Gasteiger partial charge is 0.227 e. The summed E-state index contributed by atoms with van der Waals surface area (Å²) in [7, 11) is 1.52. The number of hydrogen-bond donors (Lipinski definition) is 2. The number of para-hydroxylation sites is 1. The second-order valence-electron chi connectivity index (χ2n) is 4.32. The number of nitrogens with two attached hydrogens (primary N) is 1. The van der Waals surface area contributed by atoms with Crippen LogP contribution >= 0.6 is 11.6 Å². The number of carbonyl (C=O) groups is 1. The first-order valence-corrected chi connectivity index (χ1v) is 6.69. The van der Waals surface area contributed by atoms with Crippen LogP contribution in [0.2, 0.25) is 5.02 Å². The van der Waals surface area contributed by atoms with Gasteiger partial charge >= 0.3 is 0 Å². The molecule has 2 rings (SSSR count). The molecule has 1 heterocycles. The Morgan fingerprint density at radius 1 is 1.57 bits per heavy atom. The number of hydrogen-bond acceptors (Lipinski definition) is 5. The fraction of sp³-hybridized carbons (Fsp3) is 0.308. The Morgan fingerprint density at radius 3 is 3.00 bits per heavy atom. The highest BCUT2D eigenvalue weighted by Gasteiger charge is 2.15. The molecule has 2 aromatic rings. The molecule has 1 aromatic heterocycles. The van der Waals surface area contributed by atoms with Crippen molar-refractivity contribution in [2.24, 2.45) is 5.73 Å². The fourth-order valence-electron chi connectivity index (χ4n) is 1.84.